The maximum absolute atomic E-state index is 5.16. The molecule has 110 valence electrons. The first-order valence-electron chi connectivity index (χ1n) is 7.88. The van der Waals surface area contributed by atoms with E-state index in [2.05, 4.69) is 34.1 Å². The fourth-order valence-electron chi connectivity index (χ4n) is 3.53. The van der Waals surface area contributed by atoms with Crippen molar-refractivity contribution >= 4 is 0 Å². The molecule has 1 atom stereocenters. The molecule has 0 amide bonds. The zero-order valence-electron chi connectivity index (χ0n) is 12.6. The smallest absolute Gasteiger partial charge is 0.0713 e. The molecule has 1 aromatic carbocycles. The standard InChI is InChI=1S/C17H26N2O/c1-20-14-16-6-4-15(5-7-16)12-18-11-8-17(13-18)19-9-2-3-10-19/h4-7,17H,2-3,8-14H2,1H3/t17-/m1/s1. The van der Waals surface area contributed by atoms with E-state index in [4.69, 9.17) is 4.74 Å². The van der Waals surface area contributed by atoms with Crippen LogP contribution in [0.25, 0.3) is 0 Å². The molecule has 2 aliphatic heterocycles. The largest absolute Gasteiger partial charge is 0.380 e. The molecule has 2 aliphatic rings. The second-order valence-electron chi connectivity index (χ2n) is 6.17. The molecule has 0 spiro atoms. The van der Waals surface area contributed by atoms with Crippen LogP contribution in [0.1, 0.15) is 30.4 Å². The Hall–Kier alpha value is -0.900. The lowest BCUT2D eigenvalue weighted by molar-refractivity contribution is 0.185. The van der Waals surface area contributed by atoms with Crippen molar-refractivity contribution in [3.05, 3.63) is 35.4 Å². The van der Waals surface area contributed by atoms with Gasteiger partial charge in [0, 0.05) is 32.8 Å². The van der Waals surface area contributed by atoms with Crippen LogP contribution in [0.5, 0.6) is 0 Å². The van der Waals surface area contributed by atoms with Crippen LogP contribution in [0.3, 0.4) is 0 Å². The van der Waals surface area contributed by atoms with E-state index in [1.54, 1.807) is 7.11 Å². The zero-order valence-corrected chi connectivity index (χ0v) is 12.6. The van der Waals surface area contributed by atoms with Crippen LogP contribution < -0.4 is 0 Å². The second kappa shape index (κ2) is 6.70. The third kappa shape index (κ3) is 3.40. The average molecular weight is 274 g/mol. The van der Waals surface area contributed by atoms with E-state index in [0.29, 0.717) is 6.61 Å². The van der Waals surface area contributed by atoms with Crippen LogP contribution >= 0.6 is 0 Å². The van der Waals surface area contributed by atoms with Crippen molar-refractivity contribution < 1.29 is 4.74 Å². The van der Waals surface area contributed by atoms with Gasteiger partial charge in [0.25, 0.3) is 0 Å². The number of methoxy groups -OCH3 is 1. The highest BCUT2D eigenvalue weighted by atomic mass is 16.5. The van der Waals surface area contributed by atoms with E-state index >= 15 is 0 Å². The molecule has 0 aliphatic carbocycles. The van der Waals surface area contributed by atoms with Crippen molar-refractivity contribution in [1.29, 1.82) is 0 Å². The summed E-state index contributed by atoms with van der Waals surface area (Å²) in [6.45, 7) is 6.95. The lowest BCUT2D eigenvalue weighted by Crippen LogP contribution is -2.35. The topological polar surface area (TPSA) is 15.7 Å². The highest BCUT2D eigenvalue weighted by Gasteiger charge is 2.28. The predicted octanol–water partition coefficient (Wildman–Crippen LogP) is 2.50. The first-order valence-corrected chi connectivity index (χ1v) is 7.88. The number of likely N-dealkylation sites (tertiary alicyclic amines) is 2. The van der Waals surface area contributed by atoms with Gasteiger partial charge in [-0.1, -0.05) is 24.3 Å². The van der Waals surface area contributed by atoms with Gasteiger partial charge in [-0.05, 0) is 43.5 Å². The SMILES string of the molecule is COCc1ccc(CN2CC[C@@H](N3CCCC3)C2)cc1. The summed E-state index contributed by atoms with van der Waals surface area (Å²) in [6.07, 6.45) is 4.15. The van der Waals surface area contributed by atoms with E-state index in [1.807, 2.05) is 0 Å². The first kappa shape index (κ1) is 14.1. The van der Waals surface area contributed by atoms with Crippen molar-refractivity contribution in [2.45, 2.75) is 38.5 Å². The third-order valence-electron chi connectivity index (χ3n) is 4.64. The average Bonchev–Trinajstić information content (AvgIpc) is 3.12. The Morgan fingerprint density at radius 1 is 1.05 bits per heavy atom. The Balaban J connectivity index is 1.50. The minimum absolute atomic E-state index is 0.709. The minimum Gasteiger partial charge on any atom is -0.380 e. The molecule has 2 fully saturated rings. The number of hydrogen-bond donors (Lipinski definition) is 0. The molecule has 0 saturated carbocycles. The van der Waals surface area contributed by atoms with Crippen molar-refractivity contribution in [3.8, 4) is 0 Å². The first-order chi connectivity index (χ1) is 9.85. The lowest BCUT2D eigenvalue weighted by atomic mass is 10.1. The molecule has 3 rings (SSSR count). The summed E-state index contributed by atoms with van der Waals surface area (Å²) >= 11 is 0. The molecule has 0 N–H and O–H groups in total. The Morgan fingerprint density at radius 3 is 2.45 bits per heavy atom. The molecular formula is C17H26N2O. The summed E-state index contributed by atoms with van der Waals surface area (Å²) in [5, 5.41) is 0. The van der Waals surface area contributed by atoms with Crippen LogP contribution in [0, 0.1) is 0 Å². The number of hydrogen-bond acceptors (Lipinski definition) is 3. The van der Waals surface area contributed by atoms with Crippen LogP contribution in [0.2, 0.25) is 0 Å². The minimum atomic E-state index is 0.709. The molecular weight excluding hydrogens is 248 g/mol. The van der Waals surface area contributed by atoms with E-state index in [9.17, 15) is 0 Å². The summed E-state index contributed by atoms with van der Waals surface area (Å²) < 4.78 is 5.16. The van der Waals surface area contributed by atoms with E-state index < -0.39 is 0 Å². The highest BCUT2D eigenvalue weighted by Crippen LogP contribution is 2.21. The predicted molar refractivity (Wildman–Crippen MR) is 81.6 cm³/mol. The summed E-state index contributed by atoms with van der Waals surface area (Å²) in [5.74, 6) is 0. The summed E-state index contributed by atoms with van der Waals surface area (Å²) in [7, 11) is 1.75. The fraction of sp³-hybridized carbons (Fsp3) is 0.647. The van der Waals surface area contributed by atoms with Gasteiger partial charge in [0.05, 0.1) is 6.61 Å². The number of benzene rings is 1. The van der Waals surface area contributed by atoms with Crippen molar-refractivity contribution in [2.75, 3.05) is 33.3 Å². The molecule has 3 nitrogen and oxygen atoms in total. The van der Waals surface area contributed by atoms with Crippen molar-refractivity contribution in [1.82, 2.24) is 9.80 Å². The van der Waals surface area contributed by atoms with Crippen LogP contribution in [-0.4, -0.2) is 49.1 Å². The maximum Gasteiger partial charge on any atom is 0.0713 e. The summed E-state index contributed by atoms with van der Waals surface area (Å²) in [6, 6.07) is 9.68. The Bertz CT molecular complexity index is 412. The normalized spacial score (nSPS) is 24.6. The molecule has 3 heteroatoms. The molecule has 2 saturated heterocycles. The lowest BCUT2D eigenvalue weighted by Gasteiger charge is -2.23. The van der Waals surface area contributed by atoms with Gasteiger partial charge in [0.15, 0.2) is 0 Å². The molecule has 1 aromatic rings. The Morgan fingerprint density at radius 2 is 1.75 bits per heavy atom. The third-order valence-corrected chi connectivity index (χ3v) is 4.64. The monoisotopic (exact) mass is 274 g/mol. The highest BCUT2D eigenvalue weighted by molar-refractivity contribution is 5.22. The zero-order chi connectivity index (χ0) is 13.8. The van der Waals surface area contributed by atoms with E-state index in [1.165, 1.54) is 56.6 Å². The molecule has 0 radical (unpaired) electrons. The van der Waals surface area contributed by atoms with Gasteiger partial charge in [-0.2, -0.15) is 0 Å². The number of rotatable bonds is 5. The van der Waals surface area contributed by atoms with Gasteiger partial charge in [-0.3, -0.25) is 9.80 Å². The van der Waals surface area contributed by atoms with Crippen LogP contribution in [0.15, 0.2) is 24.3 Å². The number of nitrogens with zero attached hydrogens (tertiary/aromatic N) is 2. The Labute approximate surface area is 122 Å². The van der Waals surface area contributed by atoms with Gasteiger partial charge >= 0.3 is 0 Å². The summed E-state index contributed by atoms with van der Waals surface area (Å²) in [4.78, 5) is 5.30. The van der Waals surface area contributed by atoms with Gasteiger partial charge in [-0.25, -0.2) is 0 Å². The van der Waals surface area contributed by atoms with Gasteiger partial charge < -0.3 is 4.74 Å². The van der Waals surface area contributed by atoms with Crippen molar-refractivity contribution in [2.24, 2.45) is 0 Å². The fourth-order valence-corrected chi connectivity index (χ4v) is 3.53. The molecule has 0 unspecified atom stereocenters. The van der Waals surface area contributed by atoms with Crippen LogP contribution in [-0.2, 0) is 17.9 Å². The van der Waals surface area contributed by atoms with Gasteiger partial charge in [0.1, 0.15) is 0 Å². The summed E-state index contributed by atoms with van der Waals surface area (Å²) in [5.41, 5.74) is 2.68. The molecule has 0 aromatic heterocycles. The van der Waals surface area contributed by atoms with Gasteiger partial charge in [-0.15, -0.1) is 0 Å². The molecule has 2 heterocycles. The maximum atomic E-state index is 5.16. The van der Waals surface area contributed by atoms with E-state index in [-0.39, 0.29) is 0 Å². The number of ether oxygens (including phenoxy) is 1. The molecule has 20 heavy (non-hydrogen) atoms. The van der Waals surface area contributed by atoms with Crippen LogP contribution in [0.4, 0.5) is 0 Å². The second-order valence-corrected chi connectivity index (χ2v) is 6.17. The van der Waals surface area contributed by atoms with E-state index in [0.717, 1.165) is 12.6 Å². The molecule has 0 bridgehead atoms. The Kier molecular flexibility index (Phi) is 4.71. The van der Waals surface area contributed by atoms with Crippen molar-refractivity contribution in [3.63, 3.8) is 0 Å². The van der Waals surface area contributed by atoms with Gasteiger partial charge in [0.2, 0.25) is 0 Å². The quantitative estimate of drug-likeness (QED) is 0.820.